The van der Waals surface area contributed by atoms with Gasteiger partial charge in [0.2, 0.25) is 0 Å². The van der Waals surface area contributed by atoms with Crippen molar-refractivity contribution in [1.82, 2.24) is 19.8 Å². The van der Waals surface area contributed by atoms with Crippen molar-refractivity contribution in [2.24, 2.45) is 5.92 Å². The van der Waals surface area contributed by atoms with E-state index in [1.165, 1.54) is 19.3 Å². The molecule has 1 aliphatic carbocycles. The van der Waals surface area contributed by atoms with Gasteiger partial charge in [0.1, 0.15) is 0 Å². The van der Waals surface area contributed by atoms with Crippen LogP contribution in [0.15, 0.2) is 4.79 Å². The predicted octanol–water partition coefficient (Wildman–Crippen LogP) is 0.594. The Morgan fingerprint density at radius 1 is 1.42 bits per heavy atom. The average Bonchev–Trinajstić information content (AvgIpc) is 2.67. The van der Waals surface area contributed by atoms with Crippen molar-refractivity contribution in [1.29, 1.82) is 0 Å². The molecule has 7 nitrogen and oxygen atoms in total. The third kappa shape index (κ3) is 2.80. The van der Waals surface area contributed by atoms with Gasteiger partial charge in [-0.05, 0) is 32.6 Å². The van der Waals surface area contributed by atoms with Crippen molar-refractivity contribution in [3.8, 4) is 0 Å². The second kappa shape index (κ2) is 5.46. The summed E-state index contributed by atoms with van der Waals surface area (Å²) in [4.78, 5) is 23.7. The van der Waals surface area contributed by atoms with Crippen LogP contribution in [0.4, 0.5) is 4.79 Å². The largest absolute Gasteiger partial charge is 0.373 e. The molecule has 7 heteroatoms. The maximum atomic E-state index is 12.0. The van der Waals surface area contributed by atoms with Crippen LogP contribution >= 0.6 is 0 Å². The van der Waals surface area contributed by atoms with E-state index in [0.717, 1.165) is 22.2 Å². The maximum absolute atomic E-state index is 12.0. The fourth-order valence-corrected chi connectivity index (χ4v) is 2.62. The molecule has 19 heavy (non-hydrogen) atoms. The van der Waals surface area contributed by atoms with Crippen molar-refractivity contribution in [2.45, 2.75) is 52.0 Å². The first kappa shape index (κ1) is 13.6. The number of carbonyl (C=O) groups is 1. The highest BCUT2D eigenvalue weighted by molar-refractivity contribution is 5.75. The lowest BCUT2D eigenvalue weighted by Crippen LogP contribution is -2.45. The zero-order valence-electron chi connectivity index (χ0n) is 11.4. The molecule has 0 spiro atoms. The molecule has 1 aromatic rings. The van der Waals surface area contributed by atoms with Gasteiger partial charge >= 0.3 is 11.7 Å². The zero-order valence-corrected chi connectivity index (χ0v) is 11.4. The molecule has 1 saturated carbocycles. The van der Waals surface area contributed by atoms with Gasteiger partial charge in [-0.15, -0.1) is 9.78 Å². The quantitative estimate of drug-likeness (QED) is 0.767. The summed E-state index contributed by atoms with van der Waals surface area (Å²) in [6.07, 6.45) is 5.94. The molecule has 106 valence electrons. The number of nitrogens with one attached hydrogen (secondary N) is 1. The molecular weight excluding hydrogens is 246 g/mol. The molecule has 0 saturated heterocycles. The lowest BCUT2D eigenvalue weighted by Gasteiger charge is -2.27. The van der Waals surface area contributed by atoms with E-state index in [1.54, 1.807) is 6.92 Å². The van der Waals surface area contributed by atoms with Gasteiger partial charge in [0.15, 0.2) is 5.82 Å². The minimum Gasteiger partial charge on any atom is -0.333 e. The minimum atomic E-state index is -0.620. The summed E-state index contributed by atoms with van der Waals surface area (Å²) in [5.74, 6) is 6.25. The number of amides is 1. The summed E-state index contributed by atoms with van der Waals surface area (Å²) >= 11 is 0. The van der Waals surface area contributed by atoms with Crippen LogP contribution in [-0.2, 0) is 0 Å². The van der Waals surface area contributed by atoms with Gasteiger partial charge in [-0.2, -0.15) is 4.68 Å². The Kier molecular flexibility index (Phi) is 3.92. The first-order chi connectivity index (χ1) is 9.00. The smallest absolute Gasteiger partial charge is 0.333 e. The molecule has 1 aromatic heterocycles. The predicted molar refractivity (Wildman–Crippen MR) is 71.3 cm³/mol. The van der Waals surface area contributed by atoms with Crippen LogP contribution in [0.5, 0.6) is 0 Å². The van der Waals surface area contributed by atoms with Crippen LogP contribution in [0.1, 0.15) is 44.9 Å². The summed E-state index contributed by atoms with van der Waals surface area (Å²) in [5, 5.41) is 6.68. The lowest BCUT2D eigenvalue weighted by molar-refractivity contribution is 0.222. The summed E-state index contributed by atoms with van der Waals surface area (Å²) in [7, 11) is 0. The highest BCUT2D eigenvalue weighted by atomic mass is 16.2. The molecule has 0 aromatic carbocycles. The standard InChI is InChI=1S/C12H21N5O2/c1-8(10-6-4-3-5-7-10)14-11(18)17-12(19)16(13)9(2)15-17/h8,10H,3-7,13H2,1-2H3,(H,14,18). The van der Waals surface area contributed by atoms with Crippen LogP contribution < -0.4 is 16.8 Å². The van der Waals surface area contributed by atoms with E-state index in [-0.39, 0.29) is 6.04 Å². The van der Waals surface area contributed by atoms with Gasteiger partial charge < -0.3 is 11.2 Å². The van der Waals surface area contributed by atoms with E-state index in [4.69, 9.17) is 5.84 Å². The van der Waals surface area contributed by atoms with Crippen molar-refractivity contribution >= 4 is 6.03 Å². The number of rotatable bonds is 2. The Morgan fingerprint density at radius 3 is 2.58 bits per heavy atom. The molecule has 1 atom stereocenters. The summed E-state index contributed by atoms with van der Waals surface area (Å²) < 4.78 is 1.65. The molecule has 0 aliphatic heterocycles. The minimum absolute atomic E-state index is 0.0444. The van der Waals surface area contributed by atoms with Crippen LogP contribution in [0, 0.1) is 12.8 Å². The highest BCUT2D eigenvalue weighted by Gasteiger charge is 2.23. The number of nitrogens with two attached hydrogens (primary N) is 1. The fourth-order valence-electron chi connectivity index (χ4n) is 2.62. The zero-order chi connectivity index (χ0) is 14.0. The van der Waals surface area contributed by atoms with Crippen molar-refractivity contribution < 1.29 is 4.79 Å². The number of aromatic nitrogens is 3. The molecule has 1 aliphatic rings. The number of carbonyl (C=O) groups excluding carboxylic acids is 1. The van der Waals surface area contributed by atoms with E-state index in [2.05, 4.69) is 10.4 Å². The SMILES string of the molecule is Cc1nn(C(=O)NC(C)C2CCCCC2)c(=O)n1N. The van der Waals surface area contributed by atoms with E-state index in [0.29, 0.717) is 11.7 Å². The Hall–Kier alpha value is -1.79. The van der Waals surface area contributed by atoms with E-state index < -0.39 is 11.7 Å². The molecule has 3 N–H and O–H groups in total. The van der Waals surface area contributed by atoms with Crippen molar-refractivity contribution in [3.05, 3.63) is 16.3 Å². The van der Waals surface area contributed by atoms with Gasteiger partial charge in [0.25, 0.3) is 0 Å². The van der Waals surface area contributed by atoms with Crippen molar-refractivity contribution in [3.63, 3.8) is 0 Å². The Morgan fingerprint density at radius 2 is 2.05 bits per heavy atom. The second-order valence-electron chi connectivity index (χ2n) is 5.25. The van der Waals surface area contributed by atoms with E-state index >= 15 is 0 Å². The fraction of sp³-hybridized carbons (Fsp3) is 0.750. The first-order valence-corrected chi connectivity index (χ1v) is 6.75. The van der Waals surface area contributed by atoms with Crippen LogP contribution in [0.2, 0.25) is 0 Å². The Bertz CT molecular complexity index is 513. The molecule has 1 heterocycles. The third-order valence-corrected chi connectivity index (χ3v) is 3.88. The normalized spacial score (nSPS) is 18.2. The number of hydrogen-bond donors (Lipinski definition) is 2. The number of nitrogen functional groups attached to an aromatic ring is 1. The highest BCUT2D eigenvalue weighted by Crippen LogP contribution is 2.26. The van der Waals surface area contributed by atoms with Crippen LogP contribution in [0.3, 0.4) is 0 Å². The summed E-state index contributed by atoms with van der Waals surface area (Å²) in [6, 6.07) is -0.460. The molecular formula is C12H21N5O2. The van der Waals surface area contributed by atoms with Gasteiger partial charge in [0.05, 0.1) is 0 Å². The number of hydrogen-bond acceptors (Lipinski definition) is 4. The molecule has 2 rings (SSSR count). The molecule has 1 amide bonds. The molecule has 0 radical (unpaired) electrons. The lowest BCUT2D eigenvalue weighted by atomic mass is 9.85. The topological polar surface area (TPSA) is 94.9 Å². The van der Waals surface area contributed by atoms with Gasteiger partial charge in [-0.1, -0.05) is 19.3 Å². The van der Waals surface area contributed by atoms with Gasteiger partial charge in [-0.25, -0.2) is 9.59 Å². The van der Waals surface area contributed by atoms with Crippen molar-refractivity contribution in [2.75, 3.05) is 5.84 Å². The summed E-state index contributed by atoms with van der Waals surface area (Å²) in [5.41, 5.74) is -0.620. The third-order valence-electron chi connectivity index (χ3n) is 3.88. The first-order valence-electron chi connectivity index (χ1n) is 6.75. The summed E-state index contributed by atoms with van der Waals surface area (Å²) in [6.45, 7) is 3.56. The number of nitrogens with zero attached hydrogens (tertiary/aromatic N) is 3. The van der Waals surface area contributed by atoms with E-state index in [9.17, 15) is 9.59 Å². The Labute approximate surface area is 111 Å². The average molecular weight is 267 g/mol. The Balaban J connectivity index is 2.04. The van der Waals surface area contributed by atoms with Crippen LogP contribution in [0.25, 0.3) is 0 Å². The van der Waals surface area contributed by atoms with Crippen LogP contribution in [-0.4, -0.2) is 26.5 Å². The maximum Gasteiger partial charge on any atom is 0.373 e. The van der Waals surface area contributed by atoms with Gasteiger partial charge in [-0.3, -0.25) is 0 Å². The molecule has 1 fully saturated rings. The van der Waals surface area contributed by atoms with E-state index in [1.807, 2.05) is 6.92 Å². The molecule has 0 bridgehead atoms. The monoisotopic (exact) mass is 267 g/mol. The molecule has 1 unspecified atom stereocenters. The number of aryl methyl sites for hydroxylation is 1. The second-order valence-corrected chi connectivity index (χ2v) is 5.25. The van der Waals surface area contributed by atoms with Gasteiger partial charge in [0, 0.05) is 6.04 Å².